The minimum atomic E-state index is 0. The Morgan fingerprint density at radius 2 is 1.50 bits per heavy atom. The molecule has 5 rings (SSSR count). The molecular formula is C30H42Cl5N3O2. The Hall–Kier alpha value is -0.470. The van der Waals surface area contributed by atoms with Gasteiger partial charge in [0.15, 0.2) is 0 Å². The maximum Gasteiger partial charge on any atom is 0.124 e. The smallest absolute Gasteiger partial charge is 0.124 e. The molecule has 0 spiro atoms. The Labute approximate surface area is 267 Å². The Morgan fingerprint density at radius 3 is 2.20 bits per heavy atom. The van der Waals surface area contributed by atoms with Gasteiger partial charge in [0.25, 0.3) is 0 Å². The summed E-state index contributed by atoms with van der Waals surface area (Å²) in [5, 5.41) is 2.19. The van der Waals surface area contributed by atoms with E-state index < -0.39 is 0 Å². The summed E-state index contributed by atoms with van der Waals surface area (Å²) in [5.74, 6) is 1.47. The van der Waals surface area contributed by atoms with Gasteiger partial charge in [-0.1, -0.05) is 46.9 Å². The lowest BCUT2D eigenvalue weighted by Crippen LogP contribution is -2.51. The second-order valence-corrected chi connectivity index (χ2v) is 12.2. The van der Waals surface area contributed by atoms with Crippen molar-refractivity contribution >= 4 is 59.6 Å². The molecule has 224 valence electrons. The molecule has 1 atom stereocenters. The maximum atomic E-state index is 6.58. The van der Waals surface area contributed by atoms with Crippen molar-refractivity contribution in [1.29, 1.82) is 0 Å². The highest BCUT2D eigenvalue weighted by Crippen LogP contribution is 2.36. The lowest BCUT2D eigenvalue weighted by atomic mass is 9.88. The third-order valence-corrected chi connectivity index (χ3v) is 9.19. The lowest BCUT2D eigenvalue weighted by Gasteiger charge is -2.40. The predicted molar refractivity (Wildman–Crippen MR) is 172 cm³/mol. The van der Waals surface area contributed by atoms with Crippen LogP contribution in [0.5, 0.6) is 5.75 Å². The summed E-state index contributed by atoms with van der Waals surface area (Å²) in [6, 6.07) is 12.5. The average molecular weight is 654 g/mol. The molecule has 0 aliphatic carbocycles. The first-order valence-corrected chi connectivity index (χ1v) is 15.3. The van der Waals surface area contributed by atoms with Crippen LogP contribution in [0.3, 0.4) is 0 Å². The quantitative estimate of drug-likeness (QED) is 0.273. The van der Waals surface area contributed by atoms with Gasteiger partial charge in [-0.3, -0.25) is 9.80 Å². The molecule has 10 heteroatoms. The Balaban J connectivity index is 0.00000220. The molecule has 2 aromatic carbocycles. The van der Waals surface area contributed by atoms with Gasteiger partial charge in [-0.05, 0) is 99.6 Å². The van der Waals surface area contributed by atoms with Crippen molar-refractivity contribution in [3.63, 3.8) is 0 Å². The summed E-state index contributed by atoms with van der Waals surface area (Å²) in [4.78, 5) is 7.70. The third kappa shape index (κ3) is 9.52. The Kier molecular flexibility index (Phi) is 14.4. The fraction of sp³-hybridized carbons (Fsp3) is 0.600. The molecule has 3 fully saturated rings. The maximum absolute atomic E-state index is 6.58. The van der Waals surface area contributed by atoms with Crippen LogP contribution in [0.15, 0.2) is 36.4 Å². The number of halogens is 5. The van der Waals surface area contributed by atoms with Crippen molar-refractivity contribution in [2.75, 3.05) is 72.2 Å². The van der Waals surface area contributed by atoms with Crippen LogP contribution < -0.4 is 4.74 Å². The minimum Gasteiger partial charge on any atom is -0.492 e. The molecule has 3 heterocycles. The Bertz CT molecular complexity index is 1040. The first kappa shape index (κ1) is 34.0. The number of benzene rings is 2. The molecule has 0 aromatic heterocycles. The van der Waals surface area contributed by atoms with E-state index in [0.29, 0.717) is 17.0 Å². The van der Waals surface area contributed by atoms with Crippen LogP contribution in [0.25, 0.3) is 0 Å². The zero-order valence-corrected chi connectivity index (χ0v) is 26.9. The van der Waals surface area contributed by atoms with Crippen LogP contribution in [0.1, 0.15) is 42.7 Å². The minimum absolute atomic E-state index is 0. The van der Waals surface area contributed by atoms with E-state index >= 15 is 0 Å². The molecule has 3 saturated heterocycles. The molecule has 3 aliphatic rings. The van der Waals surface area contributed by atoms with Gasteiger partial charge < -0.3 is 14.4 Å². The van der Waals surface area contributed by atoms with Gasteiger partial charge in [-0.15, -0.1) is 24.8 Å². The summed E-state index contributed by atoms with van der Waals surface area (Å²) in [7, 11) is 0. The van der Waals surface area contributed by atoms with Gasteiger partial charge in [0.1, 0.15) is 12.4 Å². The number of ether oxygens (including phenoxy) is 2. The molecule has 0 unspecified atom stereocenters. The summed E-state index contributed by atoms with van der Waals surface area (Å²) in [6.07, 6.45) is 5.78. The second-order valence-electron chi connectivity index (χ2n) is 10.9. The van der Waals surface area contributed by atoms with E-state index in [1.165, 1.54) is 37.1 Å². The van der Waals surface area contributed by atoms with Crippen molar-refractivity contribution in [2.24, 2.45) is 0 Å². The van der Waals surface area contributed by atoms with E-state index in [0.717, 1.165) is 94.1 Å². The highest BCUT2D eigenvalue weighted by atomic mass is 35.5. The summed E-state index contributed by atoms with van der Waals surface area (Å²) < 4.78 is 12.0. The lowest BCUT2D eigenvalue weighted by molar-refractivity contribution is 0.00642. The third-order valence-electron chi connectivity index (χ3n) is 8.37. The van der Waals surface area contributed by atoms with Crippen molar-refractivity contribution in [1.82, 2.24) is 14.7 Å². The fourth-order valence-electron chi connectivity index (χ4n) is 6.18. The zero-order valence-electron chi connectivity index (χ0n) is 23.0. The zero-order chi connectivity index (χ0) is 26.3. The first-order valence-electron chi connectivity index (χ1n) is 14.2. The number of rotatable bonds is 10. The van der Waals surface area contributed by atoms with Crippen LogP contribution in [0, 0.1) is 0 Å². The van der Waals surface area contributed by atoms with E-state index in [1.807, 2.05) is 24.3 Å². The van der Waals surface area contributed by atoms with E-state index in [9.17, 15) is 0 Å². The molecule has 5 nitrogen and oxygen atoms in total. The number of hydrogen-bond acceptors (Lipinski definition) is 5. The molecule has 0 amide bonds. The van der Waals surface area contributed by atoms with Crippen molar-refractivity contribution in [2.45, 2.75) is 44.1 Å². The predicted octanol–water partition coefficient (Wildman–Crippen LogP) is 7.09. The fourth-order valence-corrected chi connectivity index (χ4v) is 6.83. The van der Waals surface area contributed by atoms with Gasteiger partial charge in [0.05, 0.1) is 13.2 Å². The number of morpholine rings is 1. The van der Waals surface area contributed by atoms with Gasteiger partial charge in [-0.2, -0.15) is 0 Å². The summed E-state index contributed by atoms with van der Waals surface area (Å²) in [6.45, 7) is 10.8. The summed E-state index contributed by atoms with van der Waals surface area (Å²) in [5.41, 5.74) is 2.48. The average Bonchev–Trinajstić information content (AvgIpc) is 3.45. The number of piperidine rings is 1. The molecule has 0 radical (unpaired) electrons. The number of nitrogens with zero attached hydrogens (tertiary/aromatic N) is 3. The van der Waals surface area contributed by atoms with Crippen LogP contribution in [-0.4, -0.2) is 92.9 Å². The van der Waals surface area contributed by atoms with E-state index in [1.54, 1.807) is 0 Å². The molecule has 0 saturated carbocycles. The molecular weight excluding hydrogens is 612 g/mol. The van der Waals surface area contributed by atoms with E-state index in [2.05, 4.69) is 26.8 Å². The first-order chi connectivity index (χ1) is 18.5. The van der Waals surface area contributed by atoms with Crippen molar-refractivity contribution in [3.05, 3.63) is 62.6 Å². The van der Waals surface area contributed by atoms with E-state index in [-0.39, 0.29) is 24.8 Å². The van der Waals surface area contributed by atoms with Crippen LogP contribution in [0.4, 0.5) is 0 Å². The normalized spacial score (nSPS) is 20.1. The topological polar surface area (TPSA) is 28.2 Å². The van der Waals surface area contributed by atoms with Gasteiger partial charge >= 0.3 is 0 Å². The largest absolute Gasteiger partial charge is 0.492 e. The monoisotopic (exact) mass is 651 g/mol. The van der Waals surface area contributed by atoms with Crippen LogP contribution >= 0.6 is 59.6 Å². The molecule has 2 aromatic rings. The molecule has 0 bridgehead atoms. The molecule has 3 aliphatic heterocycles. The SMILES string of the molecule is Cl.Cl.Clc1ccc(C[C@H](CN2CCC(c3ccc(Cl)cc3OCCN3CCCC3)CC2)N2CCOCC2)c(Cl)c1. The van der Waals surface area contributed by atoms with E-state index in [4.69, 9.17) is 44.3 Å². The van der Waals surface area contributed by atoms with Gasteiger partial charge in [-0.25, -0.2) is 0 Å². The highest BCUT2D eigenvalue weighted by Gasteiger charge is 2.28. The van der Waals surface area contributed by atoms with Crippen molar-refractivity contribution < 1.29 is 9.47 Å². The Morgan fingerprint density at radius 1 is 0.825 bits per heavy atom. The van der Waals surface area contributed by atoms with Crippen LogP contribution in [0.2, 0.25) is 15.1 Å². The van der Waals surface area contributed by atoms with Gasteiger partial charge in [0.2, 0.25) is 0 Å². The second kappa shape index (κ2) is 17.0. The number of likely N-dealkylation sites (tertiary alicyclic amines) is 2. The summed E-state index contributed by atoms with van der Waals surface area (Å²) >= 11 is 19.1. The van der Waals surface area contributed by atoms with Crippen molar-refractivity contribution in [3.8, 4) is 5.75 Å². The molecule has 40 heavy (non-hydrogen) atoms. The van der Waals surface area contributed by atoms with Crippen LogP contribution in [-0.2, 0) is 11.2 Å². The standard InChI is InChI=1S/C30H40Cl3N3O2.2ClH/c31-25-4-3-24(29(33)20-25)19-27(36-14-16-37-17-15-36)22-35-11-7-23(8-12-35)28-6-5-26(32)21-30(28)38-18-13-34-9-1-2-10-34;;/h3-6,20-21,23,27H,1-2,7-19,22H2;2*1H/t27-;;/m1../s1. The molecule has 0 N–H and O–H groups in total. The van der Waals surface area contributed by atoms with Gasteiger partial charge in [0, 0.05) is 47.3 Å². The number of hydrogen-bond donors (Lipinski definition) is 0. The highest BCUT2D eigenvalue weighted by molar-refractivity contribution is 6.35.